The van der Waals surface area contributed by atoms with Gasteiger partial charge >= 0.3 is 0 Å². The highest BCUT2D eigenvalue weighted by molar-refractivity contribution is 7.89. The normalized spacial score (nSPS) is 22.0. The summed E-state index contributed by atoms with van der Waals surface area (Å²) in [5.41, 5.74) is 0.478. The van der Waals surface area contributed by atoms with E-state index in [1.807, 2.05) is 0 Å². The van der Waals surface area contributed by atoms with Gasteiger partial charge in [-0.3, -0.25) is 9.69 Å². The molecule has 7 nitrogen and oxygen atoms in total. The van der Waals surface area contributed by atoms with E-state index in [1.165, 1.54) is 23.9 Å². The van der Waals surface area contributed by atoms with Crippen molar-refractivity contribution in [1.29, 1.82) is 0 Å². The molecule has 2 saturated heterocycles. The predicted octanol–water partition coefficient (Wildman–Crippen LogP) is 2.68. The Bertz CT molecular complexity index is 791. The number of ether oxygens (including phenoxy) is 1. The number of methoxy groups -OCH3 is 1. The molecule has 28 heavy (non-hydrogen) atoms. The van der Waals surface area contributed by atoms with Crippen molar-refractivity contribution in [3.8, 4) is 5.75 Å². The van der Waals surface area contributed by atoms with E-state index in [1.54, 1.807) is 12.1 Å². The Morgan fingerprint density at radius 3 is 2.54 bits per heavy atom. The highest BCUT2D eigenvalue weighted by Gasteiger charge is 2.29. The number of anilines is 1. The van der Waals surface area contributed by atoms with Crippen molar-refractivity contribution in [3.63, 3.8) is 0 Å². The van der Waals surface area contributed by atoms with E-state index < -0.39 is 10.0 Å². The first-order valence-corrected chi connectivity index (χ1v) is 11.6. The lowest BCUT2D eigenvalue weighted by Gasteiger charge is -2.32. The first-order valence-electron chi connectivity index (χ1n) is 10.1. The molecule has 0 saturated carbocycles. The molecule has 1 N–H and O–H groups in total. The fourth-order valence-corrected chi connectivity index (χ4v) is 5.68. The Morgan fingerprint density at radius 2 is 1.86 bits per heavy atom. The molecule has 0 aromatic heterocycles. The Labute approximate surface area is 168 Å². The average molecular weight is 410 g/mol. The minimum absolute atomic E-state index is 0.112. The topological polar surface area (TPSA) is 79.0 Å². The van der Waals surface area contributed by atoms with Crippen molar-refractivity contribution in [2.45, 2.75) is 56.4 Å². The third-order valence-corrected chi connectivity index (χ3v) is 7.59. The molecule has 2 aliphatic rings. The van der Waals surface area contributed by atoms with Crippen LogP contribution in [0, 0.1) is 0 Å². The smallest absolute Gasteiger partial charge is 0.246 e. The van der Waals surface area contributed by atoms with Gasteiger partial charge in [0.25, 0.3) is 0 Å². The Hall–Kier alpha value is -1.64. The molecule has 0 radical (unpaired) electrons. The van der Waals surface area contributed by atoms with E-state index in [4.69, 9.17) is 4.74 Å². The zero-order chi connectivity index (χ0) is 20.1. The predicted molar refractivity (Wildman–Crippen MR) is 109 cm³/mol. The number of hydrogen-bond acceptors (Lipinski definition) is 5. The lowest BCUT2D eigenvalue weighted by Crippen LogP contribution is -2.42. The van der Waals surface area contributed by atoms with Crippen LogP contribution in [0.15, 0.2) is 23.1 Å². The van der Waals surface area contributed by atoms with Gasteiger partial charge in [-0.1, -0.05) is 12.8 Å². The van der Waals surface area contributed by atoms with Gasteiger partial charge in [0.15, 0.2) is 0 Å². The zero-order valence-electron chi connectivity index (χ0n) is 16.8. The first-order chi connectivity index (χ1) is 13.4. The molecule has 156 valence electrons. The van der Waals surface area contributed by atoms with Crippen molar-refractivity contribution >= 4 is 21.6 Å². The first kappa shape index (κ1) is 21.1. The highest BCUT2D eigenvalue weighted by Crippen LogP contribution is 2.31. The number of rotatable bonds is 6. The zero-order valence-corrected chi connectivity index (χ0v) is 17.6. The number of sulfonamides is 1. The Kier molecular flexibility index (Phi) is 6.95. The second kappa shape index (κ2) is 9.24. The van der Waals surface area contributed by atoms with E-state index in [0.717, 1.165) is 38.6 Å². The number of benzene rings is 1. The van der Waals surface area contributed by atoms with Crippen LogP contribution in [-0.4, -0.2) is 62.9 Å². The molecule has 1 amide bonds. The van der Waals surface area contributed by atoms with Crippen molar-refractivity contribution in [1.82, 2.24) is 9.21 Å². The quantitative estimate of drug-likeness (QED) is 0.781. The largest absolute Gasteiger partial charge is 0.495 e. The Morgan fingerprint density at radius 1 is 1.14 bits per heavy atom. The van der Waals surface area contributed by atoms with Crippen LogP contribution in [-0.2, 0) is 14.8 Å². The van der Waals surface area contributed by atoms with Crippen LogP contribution in [0.1, 0.15) is 45.4 Å². The van der Waals surface area contributed by atoms with Crippen LogP contribution in [0.3, 0.4) is 0 Å². The van der Waals surface area contributed by atoms with Crippen molar-refractivity contribution in [2.75, 3.05) is 38.6 Å². The summed E-state index contributed by atoms with van der Waals surface area (Å²) in [6.07, 6.45) is 6.20. The summed E-state index contributed by atoms with van der Waals surface area (Å²) in [7, 11) is -2.19. The van der Waals surface area contributed by atoms with Crippen molar-refractivity contribution in [3.05, 3.63) is 18.2 Å². The number of nitrogens with zero attached hydrogens (tertiary/aromatic N) is 2. The summed E-state index contributed by atoms with van der Waals surface area (Å²) in [6.45, 7) is 4.43. The number of likely N-dealkylation sites (tertiary alicyclic amines) is 1. The van der Waals surface area contributed by atoms with E-state index >= 15 is 0 Å². The number of piperidine rings is 2. The molecule has 0 aliphatic carbocycles. The molecular weight excluding hydrogens is 378 g/mol. The summed E-state index contributed by atoms with van der Waals surface area (Å²) < 4.78 is 33.0. The third-order valence-electron chi connectivity index (χ3n) is 5.67. The fourth-order valence-electron chi connectivity index (χ4n) is 3.98. The molecular formula is C20H31N3O4S. The maximum Gasteiger partial charge on any atom is 0.246 e. The second-order valence-corrected chi connectivity index (χ2v) is 9.60. The van der Waals surface area contributed by atoms with Crippen LogP contribution >= 0.6 is 0 Å². The van der Waals surface area contributed by atoms with E-state index in [9.17, 15) is 13.2 Å². The molecule has 2 aliphatic heterocycles. The van der Waals surface area contributed by atoms with Crippen LogP contribution in [0.2, 0.25) is 0 Å². The number of carbonyl (C=O) groups is 1. The molecule has 2 fully saturated rings. The number of hydrogen-bond donors (Lipinski definition) is 1. The van der Waals surface area contributed by atoms with Crippen LogP contribution in [0.4, 0.5) is 5.69 Å². The van der Waals surface area contributed by atoms with Crippen LogP contribution < -0.4 is 10.1 Å². The number of amides is 1. The van der Waals surface area contributed by atoms with Crippen LogP contribution in [0.25, 0.3) is 0 Å². The lowest BCUT2D eigenvalue weighted by molar-refractivity contribution is -0.118. The minimum atomic E-state index is -3.65. The molecule has 2 heterocycles. The van der Waals surface area contributed by atoms with Gasteiger partial charge in [-0.2, -0.15) is 4.31 Å². The second-order valence-electron chi connectivity index (χ2n) is 7.69. The van der Waals surface area contributed by atoms with E-state index in [2.05, 4.69) is 17.1 Å². The molecule has 0 bridgehead atoms. The average Bonchev–Trinajstić information content (AvgIpc) is 2.70. The summed E-state index contributed by atoms with van der Waals surface area (Å²) in [4.78, 5) is 14.8. The van der Waals surface area contributed by atoms with Gasteiger partial charge in [-0.25, -0.2) is 8.42 Å². The van der Waals surface area contributed by atoms with Gasteiger partial charge in [0, 0.05) is 24.8 Å². The molecule has 1 atom stereocenters. The van der Waals surface area contributed by atoms with E-state index in [0.29, 0.717) is 37.1 Å². The summed E-state index contributed by atoms with van der Waals surface area (Å²) in [6, 6.07) is 5.20. The lowest BCUT2D eigenvalue weighted by atomic mass is 10.0. The molecule has 0 spiro atoms. The minimum Gasteiger partial charge on any atom is -0.495 e. The van der Waals surface area contributed by atoms with E-state index in [-0.39, 0.29) is 10.8 Å². The van der Waals surface area contributed by atoms with Gasteiger partial charge in [0.1, 0.15) is 10.6 Å². The van der Waals surface area contributed by atoms with Gasteiger partial charge < -0.3 is 10.1 Å². The third kappa shape index (κ3) is 4.85. The standard InChI is InChI=1S/C20H31N3O4S/c1-16-8-4-7-11-22(16)15-20(24)21-17-9-10-18(27-2)19(14-17)28(25,26)23-12-5-3-6-13-23/h9-10,14,16H,3-8,11-13,15H2,1-2H3,(H,21,24)/t16-/m1/s1. The molecule has 1 aromatic rings. The monoisotopic (exact) mass is 409 g/mol. The fraction of sp³-hybridized carbons (Fsp3) is 0.650. The van der Waals surface area contributed by atoms with Gasteiger partial charge in [0.05, 0.1) is 13.7 Å². The Balaban J connectivity index is 1.75. The number of nitrogens with one attached hydrogen (secondary N) is 1. The highest BCUT2D eigenvalue weighted by atomic mass is 32.2. The summed E-state index contributed by atoms with van der Waals surface area (Å²) in [5.74, 6) is 0.175. The SMILES string of the molecule is COc1ccc(NC(=O)CN2CCCC[C@H]2C)cc1S(=O)(=O)N1CCCCC1. The molecule has 3 rings (SSSR count). The van der Waals surface area contributed by atoms with Gasteiger partial charge in [0.2, 0.25) is 15.9 Å². The van der Waals surface area contributed by atoms with Crippen molar-refractivity contribution in [2.24, 2.45) is 0 Å². The van der Waals surface area contributed by atoms with Crippen molar-refractivity contribution < 1.29 is 17.9 Å². The maximum absolute atomic E-state index is 13.1. The molecule has 0 unspecified atom stereocenters. The molecule has 8 heteroatoms. The summed E-state index contributed by atoms with van der Waals surface area (Å²) in [5, 5.41) is 2.86. The molecule has 1 aromatic carbocycles. The maximum atomic E-state index is 13.1. The summed E-state index contributed by atoms with van der Waals surface area (Å²) >= 11 is 0. The van der Waals surface area contributed by atoms with Gasteiger partial charge in [-0.05, 0) is 57.4 Å². The van der Waals surface area contributed by atoms with Crippen LogP contribution in [0.5, 0.6) is 5.75 Å². The van der Waals surface area contributed by atoms with Gasteiger partial charge in [-0.15, -0.1) is 0 Å². The number of carbonyl (C=O) groups excluding carboxylic acids is 1.